The molecule has 1 heterocycles. The summed E-state index contributed by atoms with van der Waals surface area (Å²) in [5.41, 5.74) is 1.95. The first-order chi connectivity index (χ1) is 9.44. The average Bonchev–Trinajstić information content (AvgIpc) is 2.90. The molecule has 0 aliphatic carbocycles. The summed E-state index contributed by atoms with van der Waals surface area (Å²) in [4.78, 5) is 9.84. The lowest BCUT2D eigenvalue weighted by atomic mass is 10.3. The summed E-state index contributed by atoms with van der Waals surface area (Å²) in [6.45, 7) is 0.723. The predicted octanol–water partition coefficient (Wildman–Crippen LogP) is -0.0524. The zero-order valence-corrected chi connectivity index (χ0v) is 11.2. The van der Waals surface area contributed by atoms with E-state index in [0.717, 1.165) is 12.1 Å². The van der Waals surface area contributed by atoms with Crippen LogP contribution >= 0.6 is 0 Å². The Kier molecular flexibility index (Phi) is 4.18. The maximum Gasteiger partial charge on any atom is 0.291 e. The second-order valence-electron chi connectivity index (χ2n) is 4.27. The Hall–Kier alpha value is -1.75. The lowest BCUT2D eigenvalue weighted by Crippen LogP contribution is -2.35. The first-order valence-corrected chi connectivity index (χ1v) is 7.27. The lowest BCUT2D eigenvalue weighted by molar-refractivity contribution is -0.387. The highest BCUT2D eigenvalue weighted by molar-refractivity contribution is 7.89. The van der Waals surface area contributed by atoms with E-state index in [1.165, 1.54) is 6.07 Å². The number of anilines is 1. The molecule has 20 heavy (non-hydrogen) atoms. The van der Waals surface area contributed by atoms with Crippen LogP contribution in [0.3, 0.4) is 0 Å². The number of nitrogens with two attached hydrogens (primary N) is 1. The molecule has 0 bridgehead atoms. The maximum absolute atomic E-state index is 12.2. The van der Waals surface area contributed by atoms with Gasteiger partial charge in [0, 0.05) is 18.7 Å². The van der Waals surface area contributed by atoms with E-state index in [0.29, 0.717) is 13.0 Å². The topological polar surface area (TPSA) is 137 Å². The number of sulfonamides is 1. The van der Waals surface area contributed by atoms with E-state index >= 15 is 0 Å². The van der Waals surface area contributed by atoms with Gasteiger partial charge in [-0.2, -0.15) is 0 Å². The third-order valence-electron chi connectivity index (χ3n) is 2.86. The van der Waals surface area contributed by atoms with Crippen molar-refractivity contribution in [3.8, 4) is 0 Å². The fourth-order valence-corrected chi connectivity index (χ4v) is 3.30. The molecule has 110 valence electrons. The van der Waals surface area contributed by atoms with E-state index in [9.17, 15) is 18.5 Å². The first kappa shape index (κ1) is 14.7. The first-order valence-electron chi connectivity index (χ1n) is 5.79. The molecule has 1 aliphatic heterocycles. The molecule has 9 nitrogen and oxygen atoms in total. The molecule has 0 amide bonds. The van der Waals surface area contributed by atoms with Gasteiger partial charge in [0.2, 0.25) is 10.0 Å². The molecule has 0 aromatic heterocycles. The fraction of sp³-hybridized carbons (Fsp3) is 0.400. The normalized spacial score (nSPS) is 18.9. The van der Waals surface area contributed by atoms with Gasteiger partial charge in [-0.05, 0) is 18.6 Å². The Labute approximate surface area is 115 Å². The van der Waals surface area contributed by atoms with Crippen molar-refractivity contribution in [3.63, 3.8) is 0 Å². The van der Waals surface area contributed by atoms with Crippen LogP contribution in [0.5, 0.6) is 0 Å². The molecule has 4 N–H and O–H groups in total. The van der Waals surface area contributed by atoms with Gasteiger partial charge >= 0.3 is 0 Å². The quantitative estimate of drug-likeness (QED) is 0.394. The van der Waals surface area contributed by atoms with Gasteiger partial charge < -0.3 is 10.2 Å². The van der Waals surface area contributed by atoms with Gasteiger partial charge in [-0.1, -0.05) is 0 Å². The van der Waals surface area contributed by atoms with Crippen molar-refractivity contribution in [1.29, 1.82) is 0 Å². The molecule has 1 aromatic rings. The summed E-state index contributed by atoms with van der Waals surface area (Å²) in [5, 5.41) is 11.0. The monoisotopic (exact) mass is 302 g/mol. The van der Waals surface area contributed by atoms with E-state index < -0.39 is 25.5 Å². The van der Waals surface area contributed by atoms with Crippen LogP contribution in [0, 0.1) is 10.1 Å². The van der Waals surface area contributed by atoms with Crippen LogP contribution in [0.15, 0.2) is 23.1 Å². The number of nitrogen functional groups attached to an aromatic ring is 1. The van der Waals surface area contributed by atoms with Crippen LogP contribution < -0.4 is 16.0 Å². The number of rotatable bonds is 5. The van der Waals surface area contributed by atoms with E-state index in [1.807, 2.05) is 0 Å². The minimum absolute atomic E-state index is 0.250. The van der Waals surface area contributed by atoms with Crippen molar-refractivity contribution in [1.82, 2.24) is 4.72 Å². The highest BCUT2D eigenvalue weighted by atomic mass is 32.2. The number of hydrogen-bond acceptors (Lipinski definition) is 7. The minimum Gasteiger partial charge on any atom is -0.380 e. The standard InChI is InChI=1S/C10H14N4O5S/c11-12-7-1-2-10(9(5-7)14(15)16)20(17,18)13-8-3-4-19-6-8/h1-2,5,8,12-13H,3-4,6,11H2. The zero-order valence-electron chi connectivity index (χ0n) is 10.4. The SMILES string of the molecule is NNc1ccc(S(=O)(=O)NC2CCOC2)c([N+](=O)[O-])c1. The highest BCUT2D eigenvalue weighted by Crippen LogP contribution is 2.27. The molecule has 0 spiro atoms. The molecule has 2 rings (SSSR count). The van der Waals surface area contributed by atoms with Gasteiger partial charge in [0.15, 0.2) is 4.90 Å². The Morgan fingerprint density at radius 1 is 1.45 bits per heavy atom. The molecule has 0 saturated carbocycles. The molecule has 1 aromatic carbocycles. The number of nitrogens with one attached hydrogen (secondary N) is 2. The van der Waals surface area contributed by atoms with E-state index in [4.69, 9.17) is 10.6 Å². The second-order valence-corrected chi connectivity index (χ2v) is 5.95. The number of benzene rings is 1. The van der Waals surface area contributed by atoms with Gasteiger partial charge in [0.05, 0.1) is 17.2 Å². The highest BCUT2D eigenvalue weighted by Gasteiger charge is 2.29. The predicted molar refractivity (Wildman–Crippen MR) is 70.5 cm³/mol. The van der Waals surface area contributed by atoms with Gasteiger partial charge in [0.25, 0.3) is 5.69 Å². The van der Waals surface area contributed by atoms with Crippen LogP contribution in [0.2, 0.25) is 0 Å². The smallest absolute Gasteiger partial charge is 0.291 e. The lowest BCUT2D eigenvalue weighted by Gasteiger charge is -2.12. The summed E-state index contributed by atoms with van der Waals surface area (Å²) < 4.78 is 31.8. The Morgan fingerprint density at radius 3 is 2.75 bits per heavy atom. The summed E-state index contributed by atoms with van der Waals surface area (Å²) in [6, 6.07) is 3.20. The summed E-state index contributed by atoms with van der Waals surface area (Å²) in [7, 11) is -3.98. The number of hydrogen-bond donors (Lipinski definition) is 3. The van der Waals surface area contributed by atoms with Crippen LogP contribution in [0.25, 0.3) is 0 Å². The molecular weight excluding hydrogens is 288 g/mol. The van der Waals surface area contributed by atoms with Crippen molar-refractivity contribution in [3.05, 3.63) is 28.3 Å². The molecule has 1 fully saturated rings. The summed E-state index contributed by atoms with van der Waals surface area (Å²) in [6.07, 6.45) is 0.537. The van der Waals surface area contributed by atoms with Crippen molar-refractivity contribution < 1.29 is 18.1 Å². The number of ether oxygens (including phenoxy) is 1. The molecular formula is C10H14N4O5S. The number of nitro groups is 1. The largest absolute Gasteiger partial charge is 0.380 e. The third-order valence-corrected chi connectivity index (χ3v) is 4.43. The Bertz CT molecular complexity index is 612. The number of nitrogens with zero attached hydrogens (tertiary/aromatic N) is 1. The van der Waals surface area contributed by atoms with E-state index in [-0.39, 0.29) is 18.3 Å². The molecule has 1 aliphatic rings. The van der Waals surface area contributed by atoms with Crippen LogP contribution in [0.1, 0.15) is 6.42 Å². The van der Waals surface area contributed by atoms with E-state index in [2.05, 4.69) is 10.1 Å². The summed E-state index contributed by atoms with van der Waals surface area (Å²) in [5.74, 6) is 5.16. The van der Waals surface area contributed by atoms with Gasteiger partial charge in [0.1, 0.15) is 0 Å². The second kappa shape index (κ2) is 5.71. The van der Waals surface area contributed by atoms with Crippen molar-refractivity contribution in [2.24, 2.45) is 5.84 Å². The van der Waals surface area contributed by atoms with Crippen LogP contribution in [-0.4, -0.2) is 32.6 Å². The zero-order chi connectivity index (χ0) is 14.8. The molecule has 1 saturated heterocycles. The van der Waals surface area contributed by atoms with Gasteiger partial charge in [-0.25, -0.2) is 13.1 Å². The minimum atomic E-state index is -3.98. The fourth-order valence-electron chi connectivity index (χ4n) is 1.89. The molecule has 0 radical (unpaired) electrons. The Morgan fingerprint density at radius 2 is 2.20 bits per heavy atom. The molecule has 10 heteroatoms. The van der Waals surface area contributed by atoms with Crippen LogP contribution in [-0.2, 0) is 14.8 Å². The van der Waals surface area contributed by atoms with Crippen molar-refractivity contribution >= 4 is 21.4 Å². The van der Waals surface area contributed by atoms with Crippen LogP contribution in [0.4, 0.5) is 11.4 Å². The number of hydrazine groups is 1. The van der Waals surface area contributed by atoms with Gasteiger partial charge in [-0.15, -0.1) is 0 Å². The number of nitro benzene ring substituents is 1. The molecule has 1 atom stereocenters. The summed E-state index contributed by atoms with van der Waals surface area (Å²) >= 11 is 0. The average molecular weight is 302 g/mol. The third kappa shape index (κ3) is 3.04. The van der Waals surface area contributed by atoms with E-state index in [1.54, 1.807) is 0 Å². The maximum atomic E-state index is 12.2. The van der Waals surface area contributed by atoms with Crippen molar-refractivity contribution in [2.45, 2.75) is 17.4 Å². The Balaban J connectivity index is 2.37. The van der Waals surface area contributed by atoms with Gasteiger partial charge in [-0.3, -0.25) is 16.0 Å². The van der Waals surface area contributed by atoms with Crippen molar-refractivity contribution in [2.75, 3.05) is 18.6 Å². The molecule has 1 unspecified atom stereocenters.